The molecule has 16 atom stereocenters. The summed E-state index contributed by atoms with van der Waals surface area (Å²) >= 11 is 0. The molecule has 8 unspecified atom stereocenters. The number of nitrogens with one attached hydrogen (secondary N) is 2. The number of ether oxygens (including phenoxy) is 8. The van der Waals surface area contributed by atoms with E-state index in [4.69, 9.17) is 42.1 Å². The summed E-state index contributed by atoms with van der Waals surface area (Å²) in [5.74, 6) is 0.360. The van der Waals surface area contributed by atoms with Crippen LogP contribution >= 0.6 is 0 Å². The molecule has 0 bridgehead atoms. The fraction of sp³-hybridized carbons (Fsp3) is 0.659. The average molecular weight is 888 g/mol. The lowest BCUT2D eigenvalue weighted by Gasteiger charge is -2.51. The van der Waals surface area contributed by atoms with Crippen LogP contribution in [0.5, 0.6) is 0 Å². The first-order valence-electron chi connectivity index (χ1n) is 21.6. The Labute approximate surface area is 363 Å². The van der Waals surface area contributed by atoms with E-state index < -0.39 is 95.9 Å². The van der Waals surface area contributed by atoms with E-state index in [9.17, 15) is 22.8 Å². The summed E-state index contributed by atoms with van der Waals surface area (Å²) in [5, 5.41) is 5.66. The Morgan fingerprint density at radius 1 is 0.758 bits per heavy atom. The molecule has 2 N–H and O–H groups in total. The molecule has 0 aromatic heterocycles. The van der Waals surface area contributed by atoms with E-state index in [1.807, 2.05) is 67.6 Å². The third-order valence-electron chi connectivity index (χ3n) is 13.1. The second-order valence-corrected chi connectivity index (χ2v) is 19.1. The van der Waals surface area contributed by atoms with Gasteiger partial charge >= 0.3 is 18.3 Å². The summed E-state index contributed by atoms with van der Waals surface area (Å²) in [4.78, 5) is 41.1. The van der Waals surface area contributed by atoms with Crippen LogP contribution in [0.4, 0.5) is 14.4 Å². The molecule has 2 aromatic carbocycles. The van der Waals surface area contributed by atoms with Crippen molar-refractivity contribution < 1.29 is 64.9 Å². The van der Waals surface area contributed by atoms with E-state index in [2.05, 4.69) is 38.3 Å². The molecule has 3 amide bonds. The van der Waals surface area contributed by atoms with Gasteiger partial charge < -0.3 is 48.5 Å². The molecule has 17 nitrogen and oxygen atoms in total. The van der Waals surface area contributed by atoms with Crippen molar-refractivity contribution in [2.24, 2.45) is 23.7 Å². The van der Waals surface area contributed by atoms with Crippen LogP contribution in [0.25, 0.3) is 0 Å². The van der Waals surface area contributed by atoms with E-state index in [1.54, 1.807) is 7.05 Å². The van der Waals surface area contributed by atoms with Crippen LogP contribution in [0.3, 0.4) is 0 Å². The molecule has 4 saturated heterocycles. The van der Waals surface area contributed by atoms with Crippen LogP contribution in [-0.4, -0.2) is 119 Å². The molecule has 5 fully saturated rings. The minimum Gasteiger partial charge on any atom is -0.445 e. The lowest BCUT2D eigenvalue weighted by molar-refractivity contribution is -0.369. The van der Waals surface area contributed by atoms with Crippen molar-refractivity contribution in [1.29, 1.82) is 0 Å². The molecular formula is C44H61N3O14S. The van der Waals surface area contributed by atoms with Crippen molar-refractivity contribution in [3.63, 3.8) is 0 Å². The molecule has 4 heterocycles. The zero-order valence-electron chi connectivity index (χ0n) is 36.3. The molecule has 5 aliphatic rings. The lowest BCUT2D eigenvalue weighted by Crippen LogP contribution is -2.66. The Morgan fingerprint density at radius 3 is 2.00 bits per heavy atom. The molecule has 2 aromatic rings. The Morgan fingerprint density at radius 2 is 1.39 bits per heavy atom. The highest BCUT2D eigenvalue weighted by atomic mass is 32.2. The van der Waals surface area contributed by atoms with Gasteiger partial charge in [0.1, 0.15) is 37.6 Å². The van der Waals surface area contributed by atoms with Crippen molar-refractivity contribution in [2.45, 2.75) is 147 Å². The first-order valence-corrected chi connectivity index (χ1v) is 23.4. The molecule has 4 aliphatic heterocycles. The fourth-order valence-electron chi connectivity index (χ4n) is 9.37. The van der Waals surface area contributed by atoms with E-state index in [0.29, 0.717) is 18.3 Å². The normalized spacial score (nSPS) is 37.0. The summed E-state index contributed by atoms with van der Waals surface area (Å²) in [7, 11) is -2.47. The summed E-state index contributed by atoms with van der Waals surface area (Å²) in [6.07, 6.45) is -6.81. The van der Waals surface area contributed by atoms with Crippen molar-refractivity contribution in [3.05, 3.63) is 71.8 Å². The highest BCUT2D eigenvalue weighted by Gasteiger charge is 2.60. The summed E-state index contributed by atoms with van der Waals surface area (Å²) in [5.41, 5.74) is 1.53. The first kappa shape index (κ1) is 46.0. The monoisotopic (exact) mass is 887 g/mol. The van der Waals surface area contributed by atoms with Crippen LogP contribution < -0.4 is 10.6 Å². The second-order valence-electron chi connectivity index (χ2n) is 17.5. The SMILES string of the molecule is CCC1O[C@H](OC2O[C@H]3CC(C)[C@@H](O[C@@H]4C(NC(=O)OCc5ccccc5)C[C@@H](NC(=O)OCc5ccccc5)C[C@H]4OS(C)(=O)=O)OC3C3OC(=O)N(C)C23)C(C)[C@@H](C)[C@@H]1C. The van der Waals surface area contributed by atoms with Gasteiger partial charge in [-0.15, -0.1) is 0 Å². The number of hydrogen-bond donors (Lipinski definition) is 2. The number of amides is 3. The van der Waals surface area contributed by atoms with Crippen molar-refractivity contribution >= 4 is 28.4 Å². The van der Waals surface area contributed by atoms with Gasteiger partial charge in [-0.05, 0) is 48.6 Å². The van der Waals surface area contributed by atoms with Gasteiger partial charge in [-0.3, -0.25) is 9.08 Å². The number of benzene rings is 2. The first-order chi connectivity index (χ1) is 29.6. The lowest BCUT2D eigenvalue weighted by atomic mass is 9.78. The number of fused-ring (bicyclic) bond motifs is 3. The number of alkyl carbamates (subject to hydrolysis) is 2. The quantitative estimate of drug-likeness (QED) is 0.190. The molecule has 62 heavy (non-hydrogen) atoms. The standard InChI is InChI=1S/C44H61N3O14S/c1-8-32-26(4)25(3)27(5)40(55-32)60-41-35-38(59-44(50)47(35)6)37-33(56-41)19-24(2)39(58-37)57-36-31(46-43(49)54-23-29-17-13-10-14-18-29)20-30(21-34(36)61-62(7,51)52)45-42(48)53-22-28-15-11-9-12-16-28/h9-18,24-27,30-41H,8,19-23H2,1-7H3,(H,45,48)(H,46,49)/t24?,25-,26-,27?,30+,31?,32?,33-,34+,35?,36+,37?,38?,39-,40+,41?/m0/s1. The second kappa shape index (κ2) is 19.8. The van der Waals surface area contributed by atoms with Crippen LogP contribution in [-0.2, 0) is 65.4 Å². The maximum absolute atomic E-state index is 13.4. The topological polar surface area (TPSA) is 196 Å². The number of rotatable bonds is 13. The molecule has 0 spiro atoms. The largest absolute Gasteiger partial charge is 0.445 e. The van der Waals surface area contributed by atoms with Gasteiger partial charge in [-0.1, -0.05) is 95.3 Å². The van der Waals surface area contributed by atoms with E-state index in [1.165, 1.54) is 4.90 Å². The average Bonchev–Trinajstić information content (AvgIpc) is 3.54. The van der Waals surface area contributed by atoms with Gasteiger partial charge in [0.25, 0.3) is 10.1 Å². The number of hydrogen-bond acceptors (Lipinski definition) is 14. The van der Waals surface area contributed by atoms with E-state index in [0.717, 1.165) is 23.8 Å². The number of carbonyl (C=O) groups excluding carboxylic acids is 3. The van der Waals surface area contributed by atoms with Gasteiger partial charge in [-0.2, -0.15) is 8.42 Å². The molecule has 1 saturated carbocycles. The van der Waals surface area contributed by atoms with E-state index in [-0.39, 0.29) is 44.0 Å². The number of likely N-dealkylation sites (N-methyl/N-ethyl adjacent to an activating group) is 1. The van der Waals surface area contributed by atoms with Gasteiger partial charge in [0.2, 0.25) is 0 Å². The minimum atomic E-state index is -4.10. The zero-order chi connectivity index (χ0) is 44.3. The van der Waals surface area contributed by atoms with Gasteiger partial charge in [0.05, 0.1) is 24.5 Å². The molecule has 18 heteroatoms. The predicted octanol–water partition coefficient (Wildman–Crippen LogP) is 5.46. The Balaban J connectivity index is 1.09. The molecule has 1 aliphatic carbocycles. The third-order valence-corrected chi connectivity index (χ3v) is 13.7. The number of carbonyl (C=O) groups is 3. The fourth-order valence-corrected chi connectivity index (χ4v) is 10.0. The maximum Gasteiger partial charge on any atom is 0.410 e. The van der Waals surface area contributed by atoms with Gasteiger partial charge in [0, 0.05) is 24.9 Å². The summed E-state index contributed by atoms with van der Waals surface area (Å²) in [6, 6.07) is 15.9. The van der Waals surface area contributed by atoms with Crippen molar-refractivity contribution in [3.8, 4) is 0 Å². The van der Waals surface area contributed by atoms with Crippen LogP contribution in [0.15, 0.2) is 60.7 Å². The Bertz CT molecular complexity index is 1940. The van der Waals surface area contributed by atoms with Crippen LogP contribution in [0.2, 0.25) is 0 Å². The highest BCUT2D eigenvalue weighted by Crippen LogP contribution is 2.44. The minimum absolute atomic E-state index is 0.00677. The molecule has 0 radical (unpaired) electrons. The Hall–Kier alpha value is -4.04. The van der Waals surface area contributed by atoms with Gasteiger partial charge in [0.15, 0.2) is 25.0 Å². The van der Waals surface area contributed by atoms with Crippen LogP contribution in [0.1, 0.15) is 71.4 Å². The molecule has 7 rings (SSSR count). The summed E-state index contributed by atoms with van der Waals surface area (Å²) in [6.45, 7) is 10.5. The zero-order valence-corrected chi connectivity index (χ0v) is 37.1. The van der Waals surface area contributed by atoms with Gasteiger partial charge in [-0.25, -0.2) is 14.4 Å². The molecular weight excluding hydrogens is 827 g/mol. The third kappa shape index (κ3) is 10.8. The Kier molecular flexibility index (Phi) is 14.7. The summed E-state index contributed by atoms with van der Waals surface area (Å²) < 4.78 is 81.3. The highest BCUT2D eigenvalue weighted by molar-refractivity contribution is 7.86. The van der Waals surface area contributed by atoms with Crippen molar-refractivity contribution in [2.75, 3.05) is 13.3 Å². The van der Waals surface area contributed by atoms with E-state index >= 15 is 0 Å². The smallest absolute Gasteiger partial charge is 0.410 e. The molecule has 342 valence electrons. The number of nitrogens with zero attached hydrogens (tertiary/aromatic N) is 1. The maximum atomic E-state index is 13.4. The van der Waals surface area contributed by atoms with Crippen LogP contribution in [0, 0.1) is 23.7 Å². The predicted molar refractivity (Wildman–Crippen MR) is 221 cm³/mol. The van der Waals surface area contributed by atoms with Crippen molar-refractivity contribution in [1.82, 2.24) is 15.5 Å².